The molecule has 0 spiro atoms. The fraction of sp³-hybridized carbons (Fsp3) is 0.188. The van der Waals surface area contributed by atoms with Crippen LogP contribution < -0.4 is 33.9 Å². The first kappa shape index (κ1) is 28.8. The molecule has 0 atom stereocenters. The average Bonchev–Trinajstić information content (AvgIpc) is 3.03. The second kappa shape index (κ2) is 13.3. The Bertz CT molecular complexity index is 1480. The van der Waals surface area contributed by atoms with E-state index in [0.29, 0.717) is 51.2 Å². The molecule has 0 aliphatic carbocycles. The van der Waals surface area contributed by atoms with E-state index in [4.69, 9.17) is 23.7 Å². The molecule has 41 heavy (non-hydrogen) atoms. The molecule has 0 aliphatic heterocycles. The van der Waals surface area contributed by atoms with Crippen molar-refractivity contribution in [3.05, 3.63) is 102 Å². The van der Waals surface area contributed by atoms with Crippen LogP contribution in [0.25, 0.3) is 0 Å². The van der Waals surface area contributed by atoms with Crippen LogP contribution in [0.5, 0.6) is 28.7 Å². The minimum atomic E-state index is -0.326. The van der Waals surface area contributed by atoms with Crippen LogP contribution >= 0.6 is 0 Å². The van der Waals surface area contributed by atoms with Crippen LogP contribution in [0.4, 0.5) is 11.4 Å². The van der Waals surface area contributed by atoms with Crippen LogP contribution in [0.3, 0.4) is 0 Å². The zero-order chi connectivity index (χ0) is 29.4. The number of carbonyl (C=O) groups excluding carboxylic acids is 2. The van der Waals surface area contributed by atoms with Gasteiger partial charge in [-0.15, -0.1) is 0 Å². The summed E-state index contributed by atoms with van der Waals surface area (Å²) in [6.07, 6.45) is 0. The molecule has 0 saturated carbocycles. The summed E-state index contributed by atoms with van der Waals surface area (Å²) in [5.41, 5.74) is 2.75. The van der Waals surface area contributed by atoms with Gasteiger partial charge >= 0.3 is 0 Å². The first-order valence-corrected chi connectivity index (χ1v) is 12.7. The Morgan fingerprint density at radius 1 is 0.659 bits per heavy atom. The third-order valence-electron chi connectivity index (χ3n) is 6.46. The van der Waals surface area contributed by atoms with Crippen LogP contribution in [0.1, 0.15) is 26.3 Å². The van der Waals surface area contributed by atoms with E-state index in [1.807, 2.05) is 30.3 Å². The standard InChI is InChI=1S/C32H32N2O7/c1-37-25-16-10-21(11-17-25)20-34(24-18-28(39-3)30(41-5)29(19-24)40-4)32(36)23-14-12-22(13-15-23)31(35)33-26-8-6-7-9-27(26)38-2/h6-19H,20H2,1-5H3,(H,33,35). The van der Waals surface area contributed by atoms with Gasteiger partial charge in [-0.25, -0.2) is 0 Å². The number of nitrogens with one attached hydrogen (secondary N) is 1. The lowest BCUT2D eigenvalue weighted by atomic mass is 10.1. The van der Waals surface area contributed by atoms with Crippen molar-refractivity contribution in [2.75, 3.05) is 45.8 Å². The number of carbonyl (C=O) groups is 2. The largest absolute Gasteiger partial charge is 0.497 e. The average molecular weight is 557 g/mol. The number of methoxy groups -OCH3 is 5. The van der Waals surface area contributed by atoms with Crippen LogP contribution in [-0.2, 0) is 6.54 Å². The van der Waals surface area contributed by atoms with E-state index in [1.165, 1.54) is 28.4 Å². The number of rotatable bonds is 11. The second-order valence-electron chi connectivity index (χ2n) is 8.85. The normalized spacial score (nSPS) is 10.4. The van der Waals surface area contributed by atoms with Crippen LogP contribution in [-0.4, -0.2) is 47.4 Å². The van der Waals surface area contributed by atoms with Gasteiger partial charge in [0.1, 0.15) is 11.5 Å². The van der Waals surface area contributed by atoms with E-state index >= 15 is 0 Å². The molecule has 0 saturated heterocycles. The number of ether oxygens (including phenoxy) is 5. The Hall–Kier alpha value is -5.18. The Morgan fingerprint density at radius 2 is 1.24 bits per heavy atom. The van der Waals surface area contributed by atoms with Gasteiger partial charge in [0.15, 0.2) is 11.5 Å². The topological polar surface area (TPSA) is 95.6 Å². The molecule has 2 amide bonds. The van der Waals surface area contributed by atoms with Gasteiger partial charge < -0.3 is 33.9 Å². The van der Waals surface area contributed by atoms with Crippen molar-refractivity contribution in [3.8, 4) is 28.7 Å². The van der Waals surface area contributed by atoms with Gasteiger partial charge in [0.05, 0.1) is 53.5 Å². The van der Waals surface area contributed by atoms with E-state index in [0.717, 1.165) is 5.56 Å². The lowest BCUT2D eigenvalue weighted by Crippen LogP contribution is -2.30. The molecule has 212 valence electrons. The number of hydrogen-bond donors (Lipinski definition) is 1. The van der Waals surface area contributed by atoms with E-state index in [-0.39, 0.29) is 18.4 Å². The summed E-state index contributed by atoms with van der Waals surface area (Å²) in [6, 6.07) is 24.5. The Kier molecular flexibility index (Phi) is 9.32. The number of anilines is 2. The van der Waals surface area contributed by atoms with Crippen LogP contribution in [0.15, 0.2) is 84.9 Å². The summed E-state index contributed by atoms with van der Waals surface area (Å²) in [5, 5.41) is 2.84. The number of nitrogens with zero attached hydrogens (tertiary/aromatic N) is 1. The molecule has 0 bridgehead atoms. The molecule has 4 aromatic carbocycles. The number of benzene rings is 4. The predicted molar refractivity (Wildman–Crippen MR) is 157 cm³/mol. The fourth-order valence-electron chi connectivity index (χ4n) is 4.28. The molecular formula is C32H32N2O7. The minimum absolute atomic E-state index is 0.248. The smallest absolute Gasteiger partial charge is 0.258 e. The van der Waals surface area contributed by atoms with Gasteiger partial charge in [-0.2, -0.15) is 0 Å². The Morgan fingerprint density at radius 3 is 1.80 bits per heavy atom. The van der Waals surface area contributed by atoms with E-state index in [2.05, 4.69) is 5.32 Å². The molecule has 4 rings (SSSR count). The number of amides is 2. The molecule has 0 radical (unpaired) electrons. The molecule has 1 N–H and O–H groups in total. The highest BCUT2D eigenvalue weighted by Gasteiger charge is 2.23. The predicted octanol–water partition coefficient (Wildman–Crippen LogP) is 5.83. The van der Waals surface area contributed by atoms with E-state index in [9.17, 15) is 9.59 Å². The quantitative estimate of drug-likeness (QED) is 0.248. The third-order valence-corrected chi connectivity index (χ3v) is 6.46. The van der Waals surface area contributed by atoms with Gasteiger partial charge in [-0.05, 0) is 54.1 Å². The van der Waals surface area contributed by atoms with Gasteiger partial charge in [0, 0.05) is 23.3 Å². The lowest BCUT2D eigenvalue weighted by Gasteiger charge is -2.25. The summed E-state index contributed by atoms with van der Waals surface area (Å²) < 4.78 is 27.1. The lowest BCUT2D eigenvalue weighted by molar-refractivity contribution is 0.0982. The first-order valence-electron chi connectivity index (χ1n) is 12.7. The Labute approximate surface area is 239 Å². The van der Waals surface area contributed by atoms with Crippen molar-refractivity contribution in [1.82, 2.24) is 0 Å². The van der Waals surface area contributed by atoms with E-state index in [1.54, 1.807) is 66.6 Å². The van der Waals surface area contributed by atoms with Crippen molar-refractivity contribution in [3.63, 3.8) is 0 Å². The summed E-state index contributed by atoms with van der Waals surface area (Å²) in [4.78, 5) is 28.5. The second-order valence-corrected chi connectivity index (χ2v) is 8.85. The SMILES string of the molecule is COc1ccc(CN(C(=O)c2ccc(C(=O)Nc3ccccc3OC)cc2)c2cc(OC)c(OC)c(OC)c2)cc1. The molecule has 4 aromatic rings. The van der Waals surface area contributed by atoms with Gasteiger partial charge in [0.25, 0.3) is 11.8 Å². The highest BCUT2D eigenvalue weighted by atomic mass is 16.5. The zero-order valence-electron chi connectivity index (χ0n) is 23.6. The van der Waals surface area contributed by atoms with Gasteiger partial charge in [-0.1, -0.05) is 24.3 Å². The maximum absolute atomic E-state index is 14.0. The molecule has 0 heterocycles. The number of hydrogen-bond acceptors (Lipinski definition) is 7. The van der Waals surface area contributed by atoms with Crippen molar-refractivity contribution in [2.24, 2.45) is 0 Å². The molecule has 0 aromatic heterocycles. The van der Waals surface area contributed by atoms with Crippen molar-refractivity contribution in [2.45, 2.75) is 6.54 Å². The number of para-hydroxylation sites is 2. The van der Waals surface area contributed by atoms with Crippen LogP contribution in [0, 0.1) is 0 Å². The zero-order valence-corrected chi connectivity index (χ0v) is 23.6. The molecule has 9 nitrogen and oxygen atoms in total. The third kappa shape index (κ3) is 6.52. The fourth-order valence-corrected chi connectivity index (χ4v) is 4.28. The summed E-state index contributed by atoms with van der Waals surface area (Å²) in [6.45, 7) is 0.248. The monoisotopic (exact) mass is 556 g/mol. The van der Waals surface area contributed by atoms with Crippen molar-refractivity contribution < 1.29 is 33.3 Å². The van der Waals surface area contributed by atoms with Gasteiger partial charge in [-0.3, -0.25) is 9.59 Å². The molecule has 9 heteroatoms. The van der Waals surface area contributed by atoms with Crippen molar-refractivity contribution in [1.29, 1.82) is 0 Å². The highest BCUT2D eigenvalue weighted by molar-refractivity contribution is 6.08. The molecule has 0 fully saturated rings. The Balaban J connectivity index is 1.66. The minimum Gasteiger partial charge on any atom is -0.497 e. The van der Waals surface area contributed by atoms with E-state index < -0.39 is 0 Å². The molecule has 0 unspecified atom stereocenters. The molecular weight excluding hydrogens is 524 g/mol. The molecule has 0 aliphatic rings. The summed E-state index contributed by atoms with van der Waals surface area (Å²) in [7, 11) is 7.70. The van der Waals surface area contributed by atoms with Gasteiger partial charge in [0.2, 0.25) is 5.75 Å². The maximum Gasteiger partial charge on any atom is 0.258 e. The maximum atomic E-state index is 14.0. The van der Waals surface area contributed by atoms with Crippen LogP contribution in [0.2, 0.25) is 0 Å². The van der Waals surface area contributed by atoms with Crippen molar-refractivity contribution >= 4 is 23.2 Å². The summed E-state index contributed by atoms with van der Waals surface area (Å²) in [5.74, 6) is 1.89. The highest BCUT2D eigenvalue weighted by Crippen LogP contribution is 2.41. The summed E-state index contributed by atoms with van der Waals surface area (Å²) >= 11 is 0. The first-order chi connectivity index (χ1) is 19.9.